The minimum atomic E-state index is -4.81. The molecule has 0 saturated carbocycles. The van der Waals surface area contributed by atoms with Crippen molar-refractivity contribution in [1.82, 2.24) is 9.80 Å². The molecule has 2 rings (SSSR count). The van der Waals surface area contributed by atoms with E-state index in [1.165, 1.54) is 0 Å². The largest absolute Gasteiger partial charge is 0.471 e. The lowest BCUT2D eigenvalue weighted by Crippen LogP contribution is -2.45. The molecular weight excluding hydrogens is 309 g/mol. The minimum absolute atomic E-state index is 0.0302. The van der Waals surface area contributed by atoms with Gasteiger partial charge in [0.25, 0.3) is 0 Å². The van der Waals surface area contributed by atoms with E-state index in [4.69, 9.17) is 0 Å². The summed E-state index contributed by atoms with van der Waals surface area (Å²) >= 11 is 0. The predicted octanol–water partition coefficient (Wildman–Crippen LogP) is 2.68. The van der Waals surface area contributed by atoms with E-state index in [-0.39, 0.29) is 36.8 Å². The van der Waals surface area contributed by atoms with E-state index < -0.39 is 12.1 Å². The summed E-state index contributed by atoms with van der Waals surface area (Å²) in [7, 11) is 0. The average Bonchev–Trinajstić information content (AvgIpc) is 2.92. The number of fused-ring (bicyclic) bond motifs is 1. The van der Waals surface area contributed by atoms with E-state index >= 15 is 0 Å². The lowest BCUT2D eigenvalue weighted by molar-refractivity contribution is -0.184. The van der Waals surface area contributed by atoms with Crippen LogP contribution >= 0.6 is 0 Å². The van der Waals surface area contributed by atoms with Crippen molar-refractivity contribution in [3.05, 3.63) is 0 Å². The minimum Gasteiger partial charge on any atom is -0.342 e. The summed E-state index contributed by atoms with van der Waals surface area (Å²) < 4.78 is 37.7. The summed E-state index contributed by atoms with van der Waals surface area (Å²) in [6, 6.07) is 0. The van der Waals surface area contributed by atoms with Gasteiger partial charge in [-0.3, -0.25) is 9.59 Å². The fourth-order valence-corrected chi connectivity index (χ4v) is 3.66. The Labute approximate surface area is 135 Å². The normalized spacial score (nSPS) is 26.1. The van der Waals surface area contributed by atoms with Gasteiger partial charge in [0.15, 0.2) is 0 Å². The maximum absolute atomic E-state index is 12.6. The highest BCUT2D eigenvalue weighted by molar-refractivity contribution is 5.82. The molecule has 2 saturated heterocycles. The van der Waals surface area contributed by atoms with E-state index in [0.29, 0.717) is 19.5 Å². The van der Waals surface area contributed by atoms with Crippen LogP contribution in [0, 0.1) is 17.8 Å². The van der Waals surface area contributed by atoms with E-state index in [1.807, 2.05) is 6.92 Å². The fourth-order valence-electron chi connectivity index (χ4n) is 3.66. The fraction of sp³-hybridized carbons (Fsp3) is 0.875. The number of hydrogen-bond donors (Lipinski definition) is 0. The van der Waals surface area contributed by atoms with E-state index in [2.05, 4.69) is 6.92 Å². The number of amides is 2. The molecule has 0 N–H and O–H groups in total. The number of likely N-dealkylation sites (tertiary alicyclic amines) is 2. The highest BCUT2D eigenvalue weighted by Crippen LogP contribution is 2.34. The molecule has 3 atom stereocenters. The first-order chi connectivity index (χ1) is 10.7. The van der Waals surface area contributed by atoms with Crippen LogP contribution in [-0.4, -0.2) is 54.0 Å². The number of carbonyl (C=O) groups excluding carboxylic acids is 2. The zero-order valence-corrected chi connectivity index (χ0v) is 13.7. The number of piperidine rings is 1. The lowest BCUT2D eigenvalue weighted by atomic mass is 9.88. The van der Waals surface area contributed by atoms with Crippen molar-refractivity contribution >= 4 is 11.8 Å². The summed E-state index contributed by atoms with van der Waals surface area (Å²) in [5, 5.41) is 0. The standard InChI is InChI=1S/C16H25F3N2O2/c1-3-4-5-11(2)14(22)20-7-6-12-8-21(10-13(12)9-20)15(23)16(17,18)19/h11-13H,3-10H2,1-2H3/t11-,12+,13-/m0/s1. The maximum atomic E-state index is 12.6. The van der Waals surface area contributed by atoms with Crippen molar-refractivity contribution in [3.8, 4) is 0 Å². The molecule has 2 heterocycles. The Balaban J connectivity index is 1.91. The number of unbranched alkanes of at least 4 members (excludes halogenated alkanes) is 1. The van der Waals surface area contributed by atoms with Crippen LogP contribution in [0.5, 0.6) is 0 Å². The molecule has 2 aliphatic heterocycles. The van der Waals surface area contributed by atoms with Crippen molar-refractivity contribution in [2.45, 2.75) is 45.7 Å². The smallest absolute Gasteiger partial charge is 0.342 e. The maximum Gasteiger partial charge on any atom is 0.471 e. The van der Waals surface area contributed by atoms with Crippen molar-refractivity contribution in [2.24, 2.45) is 17.8 Å². The quantitative estimate of drug-likeness (QED) is 0.793. The number of alkyl halides is 3. The molecule has 0 radical (unpaired) electrons. The van der Waals surface area contributed by atoms with Crippen molar-refractivity contribution < 1.29 is 22.8 Å². The summed E-state index contributed by atoms with van der Waals surface area (Å²) in [5.74, 6) is -1.65. The molecule has 0 bridgehead atoms. The number of nitrogens with zero attached hydrogens (tertiary/aromatic N) is 2. The van der Waals surface area contributed by atoms with E-state index in [1.54, 1.807) is 4.90 Å². The first-order valence-corrected chi connectivity index (χ1v) is 8.39. The van der Waals surface area contributed by atoms with Crippen LogP contribution in [0.15, 0.2) is 0 Å². The van der Waals surface area contributed by atoms with Crippen LogP contribution in [0.1, 0.15) is 39.5 Å². The molecule has 0 aliphatic carbocycles. The van der Waals surface area contributed by atoms with Crippen LogP contribution in [0.3, 0.4) is 0 Å². The molecule has 0 spiro atoms. The molecule has 0 aromatic carbocycles. The molecule has 7 heteroatoms. The third kappa shape index (κ3) is 4.18. The zero-order valence-electron chi connectivity index (χ0n) is 13.7. The van der Waals surface area contributed by atoms with Gasteiger partial charge in [-0.25, -0.2) is 0 Å². The highest BCUT2D eigenvalue weighted by Gasteiger charge is 2.48. The van der Waals surface area contributed by atoms with Crippen LogP contribution < -0.4 is 0 Å². The number of hydrogen-bond acceptors (Lipinski definition) is 2. The molecule has 0 aromatic heterocycles. The third-order valence-electron chi connectivity index (χ3n) is 5.05. The summed E-state index contributed by atoms with van der Waals surface area (Å²) in [6.07, 6.45) is -1.24. The SMILES string of the molecule is CCCC[C@H](C)C(=O)N1CC[C@@H]2CN(C(=O)C(F)(F)F)C[C@@H]2C1. The molecule has 0 aromatic rings. The average molecular weight is 334 g/mol. The highest BCUT2D eigenvalue weighted by atomic mass is 19.4. The van der Waals surface area contributed by atoms with Gasteiger partial charge in [-0.2, -0.15) is 13.2 Å². The van der Waals surface area contributed by atoms with Crippen molar-refractivity contribution in [2.75, 3.05) is 26.2 Å². The van der Waals surface area contributed by atoms with Gasteiger partial charge in [0.05, 0.1) is 0 Å². The van der Waals surface area contributed by atoms with Gasteiger partial charge in [0.1, 0.15) is 0 Å². The Morgan fingerprint density at radius 3 is 2.35 bits per heavy atom. The van der Waals surface area contributed by atoms with Gasteiger partial charge >= 0.3 is 12.1 Å². The number of rotatable bonds is 4. The van der Waals surface area contributed by atoms with Crippen molar-refractivity contribution in [1.29, 1.82) is 0 Å². The monoisotopic (exact) mass is 334 g/mol. The first kappa shape index (κ1) is 18.1. The molecule has 132 valence electrons. The second kappa shape index (κ2) is 7.09. The van der Waals surface area contributed by atoms with Crippen LogP contribution in [-0.2, 0) is 9.59 Å². The Kier molecular flexibility index (Phi) is 5.57. The van der Waals surface area contributed by atoms with Crippen LogP contribution in [0.2, 0.25) is 0 Å². The Morgan fingerprint density at radius 1 is 1.13 bits per heavy atom. The molecule has 2 fully saturated rings. The first-order valence-electron chi connectivity index (χ1n) is 8.39. The molecule has 4 nitrogen and oxygen atoms in total. The predicted molar refractivity (Wildman–Crippen MR) is 79.5 cm³/mol. The number of carbonyl (C=O) groups is 2. The second-order valence-electron chi connectivity index (χ2n) is 6.84. The molecule has 23 heavy (non-hydrogen) atoms. The van der Waals surface area contributed by atoms with E-state index in [0.717, 1.165) is 24.2 Å². The molecule has 2 aliphatic rings. The Bertz CT molecular complexity index is 453. The number of halogens is 3. The molecule has 0 unspecified atom stereocenters. The Morgan fingerprint density at radius 2 is 1.74 bits per heavy atom. The topological polar surface area (TPSA) is 40.6 Å². The zero-order chi connectivity index (χ0) is 17.2. The van der Waals surface area contributed by atoms with Gasteiger partial charge in [-0.1, -0.05) is 26.7 Å². The van der Waals surface area contributed by atoms with Gasteiger partial charge in [-0.05, 0) is 24.7 Å². The van der Waals surface area contributed by atoms with Gasteiger partial charge in [0, 0.05) is 32.1 Å². The van der Waals surface area contributed by atoms with Crippen molar-refractivity contribution in [3.63, 3.8) is 0 Å². The van der Waals surface area contributed by atoms with Gasteiger partial charge in [-0.15, -0.1) is 0 Å². The summed E-state index contributed by atoms with van der Waals surface area (Å²) in [5.41, 5.74) is 0. The third-order valence-corrected chi connectivity index (χ3v) is 5.05. The van der Waals surface area contributed by atoms with Crippen LogP contribution in [0.25, 0.3) is 0 Å². The van der Waals surface area contributed by atoms with Gasteiger partial charge < -0.3 is 9.80 Å². The molecular formula is C16H25F3N2O2. The van der Waals surface area contributed by atoms with Crippen LogP contribution in [0.4, 0.5) is 13.2 Å². The van der Waals surface area contributed by atoms with E-state index in [9.17, 15) is 22.8 Å². The second-order valence-corrected chi connectivity index (χ2v) is 6.84. The Hall–Kier alpha value is -1.27. The van der Waals surface area contributed by atoms with Gasteiger partial charge in [0.2, 0.25) is 5.91 Å². The summed E-state index contributed by atoms with van der Waals surface area (Å²) in [4.78, 5) is 26.5. The summed E-state index contributed by atoms with van der Waals surface area (Å²) in [6.45, 7) is 5.32. The molecule has 2 amide bonds. The lowest BCUT2D eigenvalue weighted by Gasteiger charge is -2.35.